The first-order valence-corrected chi connectivity index (χ1v) is 9.59. The number of rotatable bonds is 5. The second-order valence-corrected chi connectivity index (χ2v) is 7.03. The summed E-state index contributed by atoms with van der Waals surface area (Å²) in [6, 6.07) is 14.8. The van der Waals surface area contributed by atoms with Gasteiger partial charge in [0.1, 0.15) is 5.82 Å². The van der Waals surface area contributed by atoms with Gasteiger partial charge in [0.05, 0.1) is 17.3 Å². The fourth-order valence-electron chi connectivity index (χ4n) is 3.57. The fourth-order valence-corrected chi connectivity index (χ4v) is 3.57. The van der Waals surface area contributed by atoms with Crippen LogP contribution in [0.5, 0.6) is 0 Å². The molecule has 29 heavy (non-hydrogen) atoms. The van der Waals surface area contributed by atoms with E-state index in [1.165, 1.54) is 0 Å². The van der Waals surface area contributed by atoms with Crippen LogP contribution in [0, 0.1) is 0 Å². The number of anilines is 1. The zero-order valence-electron chi connectivity index (χ0n) is 16.1. The van der Waals surface area contributed by atoms with E-state index in [1.807, 2.05) is 24.3 Å². The molecule has 0 saturated carbocycles. The molecule has 148 valence electrons. The van der Waals surface area contributed by atoms with Crippen molar-refractivity contribution in [3.63, 3.8) is 0 Å². The molecule has 0 fully saturated rings. The molecule has 2 aromatic carbocycles. The molecule has 0 unspecified atom stereocenters. The third-order valence-corrected chi connectivity index (χ3v) is 5.04. The number of nitrogens with one attached hydrogen (secondary N) is 1. The highest BCUT2D eigenvalue weighted by Gasteiger charge is 2.29. The molecule has 0 aliphatic carbocycles. The number of benzene rings is 2. The lowest BCUT2D eigenvalue weighted by molar-refractivity contribution is -0.153. The van der Waals surface area contributed by atoms with Crippen molar-refractivity contribution in [2.24, 2.45) is 0 Å². The van der Waals surface area contributed by atoms with Crippen LogP contribution in [0.15, 0.2) is 53.3 Å². The van der Waals surface area contributed by atoms with Gasteiger partial charge in [0.25, 0.3) is 11.5 Å². The number of fused-ring (bicyclic) bond motifs is 2. The van der Waals surface area contributed by atoms with Gasteiger partial charge in [0.2, 0.25) is 0 Å². The summed E-state index contributed by atoms with van der Waals surface area (Å²) in [7, 11) is 0. The molecule has 0 radical (unpaired) electrons. The molecule has 0 saturated heterocycles. The lowest BCUT2D eigenvalue weighted by atomic mass is 10.2. The van der Waals surface area contributed by atoms with Crippen molar-refractivity contribution in [1.82, 2.24) is 9.97 Å². The average Bonchev–Trinajstić information content (AvgIpc) is 3.16. The monoisotopic (exact) mass is 391 g/mol. The number of aryl methyl sites for hydroxylation is 1. The van der Waals surface area contributed by atoms with Gasteiger partial charge in [-0.2, -0.15) is 0 Å². The number of nitrogens with zero attached hydrogens (tertiary/aromatic N) is 2. The maximum absolute atomic E-state index is 12.7. The standard InChI is InChI=1S/C22H21N3O4/c1-14(22(28)25-13-12-15-6-2-5-9-18(15)25)29-20(26)11-10-19-23-17-8-4-3-7-16(17)21(27)24-19/h2-9,14H,10-13H2,1H3,(H,23,24,27)/t14-/m0/s1. The molecule has 2 heterocycles. The zero-order valence-corrected chi connectivity index (χ0v) is 16.1. The van der Waals surface area contributed by atoms with E-state index in [1.54, 1.807) is 36.1 Å². The van der Waals surface area contributed by atoms with E-state index in [-0.39, 0.29) is 24.3 Å². The van der Waals surface area contributed by atoms with Crippen LogP contribution in [0.4, 0.5) is 5.69 Å². The highest BCUT2D eigenvalue weighted by Crippen LogP contribution is 2.28. The fraction of sp³-hybridized carbons (Fsp3) is 0.273. The summed E-state index contributed by atoms with van der Waals surface area (Å²) >= 11 is 0. The number of hydrogen-bond acceptors (Lipinski definition) is 5. The number of hydrogen-bond donors (Lipinski definition) is 1. The van der Waals surface area contributed by atoms with Crippen molar-refractivity contribution in [2.75, 3.05) is 11.4 Å². The maximum Gasteiger partial charge on any atom is 0.307 e. The Bertz CT molecular complexity index is 1140. The molecule has 1 N–H and O–H groups in total. The van der Waals surface area contributed by atoms with Gasteiger partial charge < -0.3 is 14.6 Å². The number of carbonyl (C=O) groups is 2. The van der Waals surface area contributed by atoms with Gasteiger partial charge in [-0.3, -0.25) is 14.4 Å². The normalized spacial score (nSPS) is 13.9. The van der Waals surface area contributed by atoms with E-state index in [2.05, 4.69) is 9.97 Å². The van der Waals surface area contributed by atoms with Crippen LogP contribution in [-0.4, -0.2) is 34.5 Å². The second-order valence-electron chi connectivity index (χ2n) is 7.03. The molecule has 3 aromatic rings. The van der Waals surface area contributed by atoms with E-state index in [0.29, 0.717) is 23.3 Å². The average molecular weight is 391 g/mol. The van der Waals surface area contributed by atoms with Crippen molar-refractivity contribution in [2.45, 2.75) is 32.3 Å². The Morgan fingerprint density at radius 1 is 1.17 bits per heavy atom. The van der Waals surface area contributed by atoms with Gasteiger partial charge in [-0.05, 0) is 37.1 Å². The van der Waals surface area contributed by atoms with Crippen molar-refractivity contribution >= 4 is 28.5 Å². The molecular weight excluding hydrogens is 370 g/mol. The highest BCUT2D eigenvalue weighted by atomic mass is 16.5. The van der Waals surface area contributed by atoms with Crippen LogP contribution in [0.25, 0.3) is 10.9 Å². The summed E-state index contributed by atoms with van der Waals surface area (Å²) < 4.78 is 5.33. The molecule has 7 nitrogen and oxygen atoms in total. The number of aromatic amines is 1. The van der Waals surface area contributed by atoms with E-state index >= 15 is 0 Å². The molecule has 4 rings (SSSR count). The van der Waals surface area contributed by atoms with E-state index < -0.39 is 12.1 Å². The largest absolute Gasteiger partial charge is 0.453 e. The molecule has 1 aliphatic rings. The summed E-state index contributed by atoms with van der Waals surface area (Å²) in [6.07, 6.45) is 0.170. The van der Waals surface area contributed by atoms with Crippen LogP contribution in [-0.2, 0) is 27.2 Å². The number of para-hydroxylation sites is 2. The minimum atomic E-state index is -0.878. The summed E-state index contributed by atoms with van der Waals surface area (Å²) in [6.45, 7) is 2.17. The molecule has 1 aliphatic heterocycles. The number of ether oxygens (including phenoxy) is 1. The minimum absolute atomic E-state index is 0.0233. The Morgan fingerprint density at radius 2 is 1.93 bits per heavy atom. The van der Waals surface area contributed by atoms with Gasteiger partial charge in [-0.25, -0.2) is 4.98 Å². The van der Waals surface area contributed by atoms with E-state index in [9.17, 15) is 14.4 Å². The first-order valence-electron chi connectivity index (χ1n) is 9.59. The van der Waals surface area contributed by atoms with Crippen LogP contribution in [0.2, 0.25) is 0 Å². The van der Waals surface area contributed by atoms with E-state index in [0.717, 1.165) is 17.7 Å². The predicted molar refractivity (Wildman–Crippen MR) is 109 cm³/mol. The maximum atomic E-state index is 12.7. The third kappa shape index (κ3) is 3.89. The number of carbonyl (C=O) groups excluding carboxylic acids is 2. The Morgan fingerprint density at radius 3 is 2.79 bits per heavy atom. The van der Waals surface area contributed by atoms with Gasteiger partial charge in [0.15, 0.2) is 6.10 Å². The van der Waals surface area contributed by atoms with Crippen molar-refractivity contribution < 1.29 is 14.3 Å². The SMILES string of the molecule is C[C@H](OC(=O)CCc1nc2ccccc2c(=O)[nH]1)C(=O)N1CCc2ccccc21. The van der Waals surface area contributed by atoms with Gasteiger partial charge in [0, 0.05) is 18.7 Å². The number of esters is 1. The molecule has 7 heteroatoms. The molecule has 1 amide bonds. The lowest BCUT2D eigenvalue weighted by Crippen LogP contribution is -2.39. The molecule has 1 atom stereocenters. The smallest absolute Gasteiger partial charge is 0.307 e. The van der Waals surface area contributed by atoms with Crippen molar-refractivity contribution in [1.29, 1.82) is 0 Å². The molecule has 0 spiro atoms. The topological polar surface area (TPSA) is 92.4 Å². The quantitative estimate of drug-likeness (QED) is 0.674. The molecule has 1 aromatic heterocycles. The summed E-state index contributed by atoms with van der Waals surface area (Å²) in [4.78, 5) is 45.7. The van der Waals surface area contributed by atoms with Gasteiger partial charge in [-0.15, -0.1) is 0 Å². The van der Waals surface area contributed by atoms with Crippen LogP contribution < -0.4 is 10.5 Å². The number of aromatic nitrogens is 2. The summed E-state index contributed by atoms with van der Waals surface area (Å²) in [5.41, 5.74) is 2.33. The highest BCUT2D eigenvalue weighted by molar-refractivity contribution is 5.99. The minimum Gasteiger partial charge on any atom is -0.453 e. The first kappa shape index (κ1) is 18.9. The predicted octanol–water partition coefficient (Wildman–Crippen LogP) is 2.38. The van der Waals surface area contributed by atoms with Gasteiger partial charge >= 0.3 is 5.97 Å². The molecular formula is C22H21N3O4. The van der Waals surface area contributed by atoms with Crippen molar-refractivity contribution in [3.8, 4) is 0 Å². The first-order chi connectivity index (χ1) is 14.0. The summed E-state index contributed by atoms with van der Waals surface area (Å²) in [5.74, 6) is -0.326. The van der Waals surface area contributed by atoms with Crippen LogP contribution >= 0.6 is 0 Å². The Balaban J connectivity index is 1.36. The second kappa shape index (κ2) is 7.87. The number of H-pyrrole nitrogens is 1. The number of amides is 1. The molecule has 0 bridgehead atoms. The summed E-state index contributed by atoms with van der Waals surface area (Å²) in [5, 5.41) is 0.504. The lowest BCUT2D eigenvalue weighted by Gasteiger charge is -2.21. The van der Waals surface area contributed by atoms with Crippen LogP contribution in [0.3, 0.4) is 0 Å². The van der Waals surface area contributed by atoms with Crippen molar-refractivity contribution in [3.05, 3.63) is 70.3 Å². The Hall–Kier alpha value is -3.48. The third-order valence-electron chi connectivity index (χ3n) is 5.04. The Labute approximate surface area is 167 Å². The van der Waals surface area contributed by atoms with Gasteiger partial charge in [-0.1, -0.05) is 30.3 Å². The Kier molecular flexibility index (Phi) is 5.12. The van der Waals surface area contributed by atoms with E-state index in [4.69, 9.17) is 4.74 Å². The zero-order chi connectivity index (χ0) is 20.4. The van der Waals surface area contributed by atoms with Crippen LogP contribution in [0.1, 0.15) is 24.7 Å².